The minimum atomic E-state index is -0.824. The van der Waals surface area contributed by atoms with Crippen molar-refractivity contribution in [3.8, 4) is 0 Å². The first-order valence-electron chi connectivity index (χ1n) is 8.19. The minimum Gasteiger partial charge on any atom is -0.444 e. The van der Waals surface area contributed by atoms with Crippen molar-refractivity contribution >= 4 is 11.9 Å². The lowest BCUT2D eigenvalue weighted by Crippen LogP contribution is -2.55. The fraction of sp³-hybridized carbons (Fsp3) is 0.688. The Morgan fingerprint density at radius 3 is 2.87 bits per heavy atom. The minimum absolute atomic E-state index is 0.0854. The van der Waals surface area contributed by atoms with Gasteiger partial charge in [0.25, 0.3) is 5.91 Å². The van der Waals surface area contributed by atoms with Crippen molar-refractivity contribution in [3.63, 3.8) is 0 Å². The molecule has 1 aromatic rings. The van der Waals surface area contributed by atoms with E-state index in [0.29, 0.717) is 18.4 Å². The van der Waals surface area contributed by atoms with Crippen LogP contribution in [0, 0.1) is 5.92 Å². The third-order valence-electron chi connectivity index (χ3n) is 4.89. The third-order valence-corrected chi connectivity index (χ3v) is 4.89. The summed E-state index contributed by atoms with van der Waals surface area (Å²) >= 11 is 0. The second-order valence-corrected chi connectivity index (χ2v) is 7.00. The number of rotatable bonds is 4. The lowest BCUT2D eigenvalue weighted by atomic mass is 9.80. The van der Waals surface area contributed by atoms with Crippen LogP contribution in [0.5, 0.6) is 0 Å². The molecule has 2 aliphatic heterocycles. The third kappa shape index (κ3) is 3.10. The van der Waals surface area contributed by atoms with Crippen LogP contribution >= 0.6 is 0 Å². The average Bonchev–Trinajstić information content (AvgIpc) is 3.05. The molecule has 1 aromatic heterocycles. The highest BCUT2D eigenvalue weighted by atomic mass is 16.4. The number of imide groups is 1. The molecule has 0 aromatic carbocycles. The van der Waals surface area contributed by atoms with Gasteiger partial charge in [-0.15, -0.1) is 0 Å². The van der Waals surface area contributed by atoms with E-state index in [1.54, 1.807) is 6.20 Å². The Kier molecular flexibility index (Phi) is 4.14. The maximum Gasteiger partial charge on any atom is 0.322 e. The number of piperidine rings is 1. The molecular formula is C16H24N4O3. The van der Waals surface area contributed by atoms with Crippen LogP contribution in [0.25, 0.3) is 0 Å². The van der Waals surface area contributed by atoms with E-state index in [0.717, 1.165) is 31.7 Å². The average molecular weight is 320 g/mol. The summed E-state index contributed by atoms with van der Waals surface area (Å²) in [5, 5.41) is 5.13. The second kappa shape index (κ2) is 5.96. The molecule has 0 unspecified atom stereocenters. The summed E-state index contributed by atoms with van der Waals surface area (Å²) in [5.74, 6) is 1.78. The zero-order valence-electron chi connectivity index (χ0n) is 13.9. The van der Waals surface area contributed by atoms with Crippen LogP contribution in [0.2, 0.25) is 0 Å². The van der Waals surface area contributed by atoms with Gasteiger partial charge in [-0.3, -0.25) is 15.0 Å². The predicted molar refractivity (Wildman–Crippen MR) is 83.7 cm³/mol. The first kappa shape index (κ1) is 16.0. The number of aromatic nitrogens is 1. The van der Waals surface area contributed by atoms with Crippen molar-refractivity contribution in [2.75, 3.05) is 13.1 Å². The molecule has 2 saturated heterocycles. The van der Waals surface area contributed by atoms with E-state index in [1.165, 1.54) is 0 Å². The molecule has 0 radical (unpaired) electrons. The number of hydrogen-bond donors (Lipinski definition) is 2. The maximum absolute atomic E-state index is 12.1. The van der Waals surface area contributed by atoms with Gasteiger partial charge in [0.2, 0.25) is 5.89 Å². The van der Waals surface area contributed by atoms with Crippen molar-refractivity contribution < 1.29 is 14.0 Å². The molecule has 2 N–H and O–H groups in total. The van der Waals surface area contributed by atoms with Gasteiger partial charge in [-0.05, 0) is 26.3 Å². The Labute approximate surface area is 135 Å². The van der Waals surface area contributed by atoms with Gasteiger partial charge in [0.05, 0.1) is 12.7 Å². The molecule has 7 heteroatoms. The quantitative estimate of drug-likeness (QED) is 0.823. The molecule has 23 heavy (non-hydrogen) atoms. The largest absolute Gasteiger partial charge is 0.444 e. The van der Waals surface area contributed by atoms with Gasteiger partial charge in [-0.25, -0.2) is 9.78 Å². The molecule has 3 amide bonds. The number of nitrogens with one attached hydrogen (secondary N) is 2. The topological polar surface area (TPSA) is 87.5 Å². The summed E-state index contributed by atoms with van der Waals surface area (Å²) < 4.78 is 5.77. The van der Waals surface area contributed by atoms with Gasteiger partial charge in [0.15, 0.2) is 0 Å². The summed E-state index contributed by atoms with van der Waals surface area (Å²) in [4.78, 5) is 30.2. The first-order chi connectivity index (χ1) is 10.9. The van der Waals surface area contributed by atoms with E-state index in [1.807, 2.05) is 6.92 Å². The van der Waals surface area contributed by atoms with Crippen molar-refractivity contribution in [2.24, 2.45) is 5.92 Å². The van der Waals surface area contributed by atoms with E-state index in [-0.39, 0.29) is 11.8 Å². The number of amides is 3. The van der Waals surface area contributed by atoms with Gasteiger partial charge < -0.3 is 9.73 Å². The van der Waals surface area contributed by atoms with Crippen LogP contribution in [0.3, 0.4) is 0 Å². The molecular weight excluding hydrogens is 296 g/mol. The van der Waals surface area contributed by atoms with Gasteiger partial charge in [-0.1, -0.05) is 13.8 Å². The molecule has 126 valence electrons. The molecule has 2 atom stereocenters. The number of urea groups is 1. The maximum atomic E-state index is 12.1. The number of hydrogen-bond acceptors (Lipinski definition) is 5. The summed E-state index contributed by atoms with van der Waals surface area (Å²) in [5.41, 5.74) is -0.824. The molecule has 0 bridgehead atoms. The van der Waals surface area contributed by atoms with Crippen molar-refractivity contribution in [2.45, 2.75) is 51.6 Å². The van der Waals surface area contributed by atoms with Crippen molar-refractivity contribution in [1.82, 2.24) is 20.5 Å². The number of carbonyl (C=O) groups is 2. The molecule has 7 nitrogen and oxygen atoms in total. The normalized spacial score (nSPS) is 29.0. The van der Waals surface area contributed by atoms with E-state index in [4.69, 9.17) is 4.42 Å². The van der Waals surface area contributed by atoms with Crippen LogP contribution in [0.1, 0.15) is 51.2 Å². The van der Waals surface area contributed by atoms with Gasteiger partial charge in [0.1, 0.15) is 11.3 Å². The molecule has 0 spiro atoms. The molecule has 0 aliphatic carbocycles. The first-order valence-corrected chi connectivity index (χ1v) is 8.19. The standard InChI is InChI=1S/C16H24N4O3/c1-10(2)12-7-17-13(23-12)9-20-6-4-5-11(8-20)16(3)14(21)18-15(22)19-16/h7,10-11H,4-6,8-9H2,1-3H3,(H2,18,19,21,22)/t11-,16-/m0/s1. The fourth-order valence-corrected chi connectivity index (χ4v) is 3.37. The highest BCUT2D eigenvalue weighted by molar-refractivity contribution is 6.06. The number of nitrogens with zero attached hydrogens (tertiary/aromatic N) is 2. The van der Waals surface area contributed by atoms with Crippen LogP contribution in [0.15, 0.2) is 10.6 Å². The molecule has 3 heterocycles. The predicted octanol–water partition coefficient (Wildman–Crippen LogP) is 1.61. The summed E-state index contributed by atoms with van der Waals surface area (Å²) in [7, 11) is 0. The number of likely N-dealkylation sites (tertiary alicyclic amines) is 1. The van der Waals surface area contributed by atoms with Crippen molar-refractivity contribution in [1.29, 1.82) is 0 Å². The highest BCUT2D eigenvalue weighted by Crippen LogP contribution is 2.30. The number of oxazole rings is 1. The zero-order chi connectivity index (χ0) is 16.6. The Hall–Kier alpha value is -1.89. The van der Waals surface area contributed by atoms with Gasteiger partial charge in [0, 0.05) is 18.4 Å². The van der Waals surface area contributed by atoms with E-state index in [9.17, 15) is 9.59 Å². The zero-order valence-corrected chi connectivity index (χ0v) is 13.9. The molecule has 2 fully saturated rings. The van der Waals surface area contributed by atoms with E-state index >= 15 is 0 Å². The molecule has 0 saturated carbocycles. The highest BCUT2D eigenvalue weighted by Gasteiger charge is 2.48. The van der Waals surface area contributed by atoms with E-state index in [2.05, 4.69) is 34.4 Å². The monoisotopic (exact) mass is 320 g/mol. The Balaban J connectivity index is 1.66. The summed E-state index contributed by atoms with van der Waals surface area (Å²) in [6, 6.07) is -0.399. The van der Waals surface area contributed by atoms with Crippen LogP contribution < -0.4 is 10.6 Å². The summed E-state index contributed by atoms with van der Waals surface area (Å²) in [6.07, 6.45) is 3.69. The van der Waals surface area contributed by atoms with Crippen LogP contribution in [-0.2, 0) is 11.3 Å². The Morgan fingerprint density at radius 2 is 2.26 bits per heavy atom. The number of carbonyl (C=O) groups excluding carboxylic acids is 2. The van der Waals surface area contributed by atoms with Crippen molar-refractivity contribution in [3.05, 3.63) is 17.8 Å². The van der Waals surface area contributed by atoms with Gasteiger partial charge >= 0.3 is 6.03 Å². The lowest BCUT2D eigenvalue weighted by molar-refractivity contribution is -0.126. The van der Waals surface area contributed by atoms with E-state index < -0.39 is 11.6 Å². The van der Waals surface area contributed by atoms with Gasteiger partial charge in [-0.2, -0.15) is 0 Å². The molecule has 3 rings (SSSR count). The molecule has 2 aliphatic rings. The van der Waals surface area contributed by atoms with Crippen LogP contribution in [0.4, 0.5) is 4.79 Å². The Bertz CT molecular complexity index is 612. The van der Waals surface area contributed by atoms with Crippen LogP contribution in [-0.4, -0.2) is 40.5 Å². The summed E-state index contributed by atoms with van der Waals surface area (Å²) in [6.45, 7) is 8.27. The smallest absolute Gasteiger partial charge is 0.322 e. The second-order valence-electron chi connectivity index (χ2n) is 7.00. The SMILES string of the molecule is CC(C)c1cnc(CN2CCC[C@H]([C@]3(C)NC(=O)NC3=O)C2)o1. The fourth-order valence-electron chi connectivity index (χ4n) is 3.37. The lowest BCUT2D eigenvalue weighted by Gasteiger charge is -2.39. The Morgan fingerprint density at radius 1 is 1.48 bits per heavy atom.